The highest BCUT2D eigenvalue weighted by atomic mass is 16.3. The second kappa shape index (κ2) is 4.28. The van der Waals surface area contributed by atoms with E-state index in [1.165, 1.54) is 5.57 Å². The van der Waals surface area contributed by atoms with Crippen LogP contribution in [0.2, 0.25) is 0 Å². The molecule has 0 amide bonds. The van der Waals surface area contributed by atoms with Crippen LogP contribution in [0.5, 0.6) is 0 Å². The first kappa shape index (κ1) is 10.1. The van der Waals surface area contributed by atoms with E-state index < -0.39 is 6.10 Å². The molecule has 2 N–H and O–H groups in total. The largest absolute Gasteiger partial charge is 0.512 e. The Morgan fingerprint density at radius 3 is 2.77 bits per heavy atom. The molecule has 0 aromatic heterocycles. The van der Waals surface area contributed by atoms with Gasteiger partial charge < -0.3 is 10.2 Å². The van der Waals surface area contributed by atoms with Gasteiger partial charge in [-0.15, -0.1) is 0 Å². The van der Waals surface area contributed by atoms with E-state index in [-0.39, 0.29) is 11.7 Å². The van der Waals surface area contributed by atoms with Gasteiger partial charge >= 0.3 is 0 Å². The number of allylic oxidation sites excluding steroid dienone is 4. The number of rotatable bonds is 2. The first-order chi connectivity index (χ1) is 6.11. The van der Waals surface area contributed by atoms with Crippen molar-refractivity contribution in [3.05, 3.63) is 35.6 Å². The van der Waals surface area contributed by atoms with Crippen molar-refractivity contribution in [3.8, 4) is 0 Å². The topological polar surface area (TPSA) is 40.5 Å². The molecule has 1 aliphatic carbocycles. The zero-order chi connectivity index (χ0) is 9.84. The summed E-state index contributed by atoms with van der Waals surface area (Å²) in [6.07, 6.45) is 7.17. The Balaban J connectivity index is 2.63. The first-order valence-corrected chi connectivity index (χ1v) is 4.50. The van der Waals surface area contributed by atoms with Crippen molar-refractivity contribution in [3.63, 3.8) is 0 Å². The molecular weight excluding hydrogens is 164 g/mol. The van der Waals surface area contributed by atoms with Gasteiger partial charge in [-0.25, -0.2) is 0 Å². The van der Waals surface area contributed by atoms with Crippen molar-refractivity contribution in [2.75, 3.05) is 0 Å². The number of aliphatic hydroxyl groups is 2. The molecule has 0 radical (unpaired) electrons. The summed E-state index contributed by atoms with van der Waals surface area (Å²) in [6.45, 7) is 4.01. The zero-order valence-electron chi connectivity index (χ0n) is 8.07. The van der Waals surface area contributed by atoms with Gasteiger partial charge in [0, 0.05) is 5.92 Å². The van der Waals surface area contributed by atoms with E-state index in [0.29, 0.717) is 6.42 Å². The molecule has 0 aromatic carbocycles. The maximum absolute atomic E-state index is 9.54. The monoisotopic (exact) mass is 180 g/mol. The minimum absolute atomic E-state index is 0.167. The average Bonchev–Trinajstić information content (AvgIpc) is 2.03. The molecule has 0 fully saturated rings. The van der Waals surface area contributed by atoms with Gasteiger partial charge in [0.25, 0.3) is 0 Å². The SMILES string of the molecule is CC(C)=CCC1C(O)=CC=CC1O. The first-order valence-electron chi connectivity index (χ1n) is 4.50. The Morgan fingerprint density at radius 2 is 2.23 bits per heavy atom. The minimum Gasteiger partial charge on any atom is -0.512 e. The van der Waals surface area contributed by atoms with Crippen LogP contribution in [0, 0.1) is 5.92 Å². The van der Waals surface area contributed by atoms with Gasteiger partial charge in [0.2, 0.25) is 0 Å². The van der Waals surface area contributed by atoms with Crippen molar-refractivity contribution in [1.29, 1.82) is 0 Å². The molecule has 0 spiro atoms. The molecule has 13 heavy (non-hydrogen) atoms. The van der Waals surface area contributed by atoms with Crippen LogP contribution in [0.1, 0.15) is 20.3 Å². The lowest BCUT2D eigenvalue weighted by molar-refractivity contribution is 0.139. The Hall–Kier alpha value is -1.02. The molecule has 0 bridgehead atoms. The van der Waals surface area contributed by atoms with Gasteiger partial charge in [-0.1, -0.05) is 23.8 Å². The van der Waals surface area contributed by atoms with E-state index in [4.69, 9.17) is 0 Å². The molecule has 0 saturated carbocycles. The molecular formula is C11H16O2. The van der Waals surface area contributed by atoms with E-state index in [1.54, 1.807) is 18.2 Å². The molecule has 1 rings (SSSR count). The molecule has 1 aliphatic rings. The Kier molecular flexibility index (Phi) is 3.32. The summed E-state index contributed by atoms with van der Waals surface area (Å²) in [5.41, 5.74) is 1.20. The van der Waals surface area contributed by atoms with Gasteiger partial charge in [0.05, 0.1) is 11.9 Å². The standard InChI is InChI=1S/C11H16O2/c1-8(2)6-7-9-10(12)4-3-5-11(9)13/h3-6,9-10,12-13H,7H2,1-2H3. The summed E-state index contributed by atoms with van der Waals surface area (Å²) in [5, 5.41) is 19.0. The fourth-order valence-electron chi connectivity index (χ4n) is 1.32. The molecule has 0 heterocycles. The van der Waals surface area contributed by atoms with E-state index >= 15 is 0 Å². The lowest BCUT2D eigenvalue weighted by atomic mass is 9.92. The van der Waals surface area contributed by atoms with Crippen LogP contribution >= 0.6 is 0 Å². The predicted molar refractivity (Wildman–Crippen MR) is 53.4 cm³/mol. The third-order valence-corrected chi connectivity index (χ3v) is 2.15. The van der Waals surface area contributed by atoms with E-state index in [9.17, 15) is 10.2 Å². The van der Waals surface area contributed by atoms with Crippen LogP contribution in [-0.2, 0) is 0 Å². The highest BCUT2D eigenvalue weighted by Crippen LogP contribution is 2.23. The smallest absolute Gasteiger partial charge is 0.0985 e. The quantitative estimate of drug-likeness (QED) is 0.640. The summed E-state index contributed by atoms with van der Waals surface area (Å²) in [4.78, 5) is 0. The van der Waals surface area contributed by atoms with E-state index in [0.717, 1.165) is 0 Å². The maximum Gasteiger partial charge on any atom is 0.0985 e. The van der Waals surface area contributed by atoms with Gasteiger partial charge in [-0.2, -0.15) is 0 Å². The van der Waals surface area contributed by atoms with Crippen LogP contribution in [0.4, 0.5) is 0 Å². The average molecular weight is 180 g/mol. The van der Waals surface area contributed by atoms with Crippen molar-refractivity contribution in [1.82, 2.24) is 0 Å². The fourth-order valence-corrected chi connectivity index (χ4v) is 1.32. The Morgan fingerprint density at radius 1 is 1.54 bits per heavy atom. The number of aliphatic hydroxyl groups excluding tert-OH is 2. The predicted octanol–water partition coefficient (Wildman–Crippen LogP) is 2.33. The van der Waals surface area contributed by atoms with Crippen molar-refractivity contribution >= 4 is 0 Å². The summed E-state index contributed by atoms with van der Waals surface area (Å²) >= 11 is 0. The summed E-state index contributed by atoms with van der Waals surface area (Å²) in [7, 11) is 0. The second-order valence-electron chi connectivity index (χ2n) is 3.59. The summed E-state index contributed by atoms with van der Waals surface area (Å²) < 4.78 is 0. The highest BCUT2D eigenvalue weighted by Gasteiger charge is 2.21. The normalized spacial score (nSPS) is 26.8. The van der Waals surface area contributed by atoms with Gasteiger partial charge in [0.15, 0.2) is 0 Å². The molecule has 0 aromatic rings. The van der Waals surface area contributed by atoms with Crippen LogP contribution in [0.25, 0.3) is 0 Å². The van der Waals surface area contributed by atoms with Crippen molar-refractivity contribution in [2.24, 2.45) is 5.92 Å². The molecule has 2 atom stereocenters. The maximum atomic E-state index is 9.54. The molecule has 2 heteroatoms. The molecule has 0 aliphatic heterocycles. The van der Waals surface area contributed by atoms with E-state index in [1.807, 2.05) is 19.9 Å². The third-order valence-electron chi connectivity index (χ3n) is 2.15. The van der Waals surface area contributed by atoms with Gasteiger partial charge in [-0.3, -0.25) is 0 Å². The van der Waals surface area contributed by atoms with Crippen LogP contribution in [-0.4, -0.2) is 16.3 Å². The van der Waals surface area contributed by atoms with Gasteiger partial charge in [-0.05, 0) is 26.3 Å². The highest BCUT2D eigenvalue weighted by molar-refractivity contribution is 5.20. The van der Waals surface area contributed by atoms with Crippen molar-refractivity contribution in [2.45, 2.75) is 26.4 Å². The lowest BCUT2D eigenvalue weighted by Gasteiger charge is -2.21. The van der Waals surface area contributed by atoms with Crippen LogP contribution in [0.15, 0.2) is 35.6 Å². The number of hydrogen-bond donors (Lipinski definition) is 2. The lowest BCUT2D eigenvalue weighted by Crippen LogP contribution is -2.21. The fraction of sp³-hybridized carbons (Fsp3) is 0.455. The minimum atomic E-state index is -0.555. The molecule has 0 saturated heterocycles. The molecule has 2 nitrogen and oxygen atoms in total. The Labute approximate surface area is 78.9 Å². The second-order valence-corrected chi connectivity index (χ2v) is 3.59. The van der Waals surface area contributed by atoms with Crippen LogP contribution < -0.4 is 0 Å². The summed E-state index contributed by atoms with van der Waals surface area (Å²) in [6, 6.07) is 0. The summed E-state index contributed by atoms with van der Waals surface area (Å²) in [5.74, 6) is 0.104. The molecule has 2 unspecified atom stereocenters. The molecule has 72 valence electrons. The van der Waals surface area contributed by atoms with Gasteiger partial charge in [0.1, 0.15) is 0 Å². The van der Waals surface area contributed by atoms with Crippen molar-refractivity contribution < 1.29 is 10.2 Å². The zero-order valence-corrected chi connectivity index (χ0v) is 8.07. The number of hydrogen-bond acceptors (Lipinski definition) is 2. The van der Waals surface area contributed by atoms with Crippen LogP contribution in [0.3, 0.4) is 0 Å². The van der Waals surface area contributed by atoms with E-state index in [2.05, 4.69) is 0 Å². The Bertz CT molecular complexity index is 257. The third kappa shape index (κ3) is 2.74.